The summed E-state index contributed by atoms with van der Waals surface area (Å²) in [5.41, 5.74) is 1.25. The van der Waals surface area contributed by atoms with E-state index in [0.717, 1.165) is 10.9 Å². The lowest BCUT2D eigenvalue weighted by atomic mass is 10.2. The number of anilines is 1. The SMILES string of the molecule is CC(Nc1ncnc2ccccc12)C(=O)NCc1ccccc1F. The van der Waals surface area contributed by atoms with Gasteiger partial charge in [0.25, 0.3) is 0 Å². The number of halogens is 1. The molecule has 2 aromatic carbocycles. The van der Waals surface area contributed by atoms with E-state index < -0.39 is 6.04 Å². The predicted molar refractivity (Wildman–Crippen MR) is 90.9 cm³/mol. The second kappa shape index (κ2) is 7.04. The van der Waals surface area contributed by atoms with E-state index >= 15 is 0 Å². The van der Waals surface area contributed by atoms with E-state index in [9.17, 15) is 9.18 Å². The van der Waals surface area contributed by atoms with Gasteiger partial charge in [0.15, 0.2) is 0 Å². The summed E-state index contributed by atoms with van der Waals surface area (Å²) in [6.07, 6.45) is 1.45. The Hall–Kier alpha value is -3.02. The second-order valence-electron chi connectivity index (χ2n) is 5.41. The minimum Gasteiger partial charge on any atom is -0.358 e. The molecule has 1 aromatic heterocycles. The monoisotopic (exact) mass is 324 g/mol. The van der Waals surface area contributed by atoms with Crippen LogP contribution in [0.2, 0.25) is 0 Å². The van der Waals surface area contributed by atoms with Crippen molar-refractivity contribution in [3.63, 3.8) is 0 Å². The van der Waals surface area contributed by atoms with E-state index in [2.05, 4.69) is 20.6 Å². The molecule has 122 valence electrons. The molecule has 0 spiro atoms. The van der Waals surface area contributed by atoms with Crippen LogP contribution in [0.4, 0.5) is 10.2 Å². The maximum Gasteiger partial charge on any atom is 0.242 e. The first-order valence-corrected chi connectivity index (χ1v) is 7.62. The van der Waals surface area contributed by atoms with Crippen molar-refractivity contribution in [2.45, 2.75) is 19.5 Å². The lowest BCUT2D eigenvalue weighted by molar-refractivity contribution is -0.121. The van der Waals surface area contributed by atoms with Gasteiger partial charge in [-0.1, -0.05) is 30.3 Å². The summed E-state index contributed by atoms with van der Waals surface area (Å²) in [7, 11) is 0. The third-order valence-corrected chi connectivity index (χ3v) is 3.70. The fraction of sp³-hybridized carbons (Fsp3) is 0.167. The molecule has 1 amide bonds. The fourth-order valence-electron chi connectivity index (χ4n) is 2.37. The van der Waals surface area contributed by atoms with Gasteiger partial charge in [0, 0.05) is 17.5 Å². The summed E-state index contributed by atoms with van der Waals surface area (Å²) >= 11 is 0. The van der Waals surface area contributed by atoms with Crippen LogP contribution in [-0.2, 0) is 11.3 Å². The van der Waals surface area contributed by atoms with Crippen molar-refractivity contribution in [3.05, 3.63) is 66.2 Å². The van der Waals surface area contributed by atoms with E-state index in [-0.39, 0.29) is 18.3 Å². The quantitative estimate of drug-likeness (QED) is 0.757. The molecule has 0 saturated heterocycles. The molecular formula is C18H17FN4O. The van der Waals surface area contributed by atoms with Gasteiger partial charge in [0.05, 0.1) is 5.52 Å². The van der Waals surface area contributed by atoms with Gasteiger partial charge in [-0.05, 0) is 25.1 Å². The molecule has 0 fully saturated rings. The lowest BCUT2D eigenvalue weighted by Gasteiger charge is -2.16. The molecule has 1 unspecified atom stereocenters. The highest BCUT2D eigenvalue weighted by Crippen LogP contribution is 2.19. The number of aromatic nitrogens is 2. The van der Waals surface area contributed by atoms with Crippen LogP contribution in [0.3, 0.4) is 0 Å². The molecule has 0 bridgehead atoms. The van der Waals surface area contributed by atoms with E-state index in [1.54, 1.807) is 25.1 Å². The third-order valence-electron chi connectivity index (χ3n) is 3.70. The van der Waals surface area contributed by atoms with Crippen molar-refractivity contribution in [2.24, 2.45) is 0 Å². The van der Waals surface area contributed by atoms with E-state index in [4.69, 9.17) is 0 Å². The Balaban J connectivity index is 1.67. The number of hydrogen-bond acceptors (Lipinski definition) is 4. The molecule has 5 nitrogen and oxygen atoms in total. The first-order chi connectivity index (χ1) is 11.6. The largest absolute Gasteiger partial charge is 0.358 e. The summed E-state index contributed by atoms with van der Waals surface area (Å²) in [6.45, 7) is 1.87. The van der Waals surface area contributed by atoms with Gasteiger partial charge >= 0.3 is 0 Å². The molecule has 1 heterocycles. The summed E-state index contributed by atoms with van der Waals surface area (Å²) in [6, 6.07) is 13.4. The minimum absolute atomic E-state index is 0.141. The van der Waals surface area contributed by atoms with Crippen LogP contribution in [0.5, 0.6) is 0 Å². The molecule has 24 heavy (non-hydrogen) atoms. The molecule has 6 heteroatoms. The molecule has 3 rings (SSSR count). The zero-order chi connectivity index (χ0) is 16.9. The molecule has 1 atom stereocenters. The van der Waals surface area contributed by atoms with Gasteiger partial charge in [-0.25, -0.2) is 14.4 Å². The van der Waals surface area contributed by atoms with Gasteiger partial charge in [-0.3, -0.25) is 4.79 Å². The number of para-hydroxylation sites is 1. The van der Waals surface area contributed by atoms with Crippen LogP contribution in [0, 0.1) is 5.82 Å². The van der Waals surface area contributed by atoms with Crippen molar-refractivity contribution in [2.75, 3.05) is 5.32 Å². The fourth-order valence-corrected chi connectivity index (χ4v) is 2.37. The Labute approximate surface area is 138 Å². The standard InChI is InChI=1S/C18H17FN4O/c1-12(18(24)20-10-13-6-2-4-8-15(13)19)23-17-14-7-3-5-9-16(14)21-11-22-17/h2-9,11-12H,10H2,1H3,(H,20,24)(H,21,22,23). The Morgan fingerprint density at radius 3 is 2.71 bits per heavy atom. The van der Waals surface area contributed by atoms with Gasteiger partial charge in [-0.15, -0.1) is 0 Å². The van der Waals surface area contributed by atoms with Crippen LogP contribution in [0.25, 0.3) is 10.9 Å². The molecule has 0 aliphatic heterocycles. The Morgan fingerprint density at radius 1 is 1.12 bits per heavy atom. The number of rotatable bonds is 5. The van der Waals surface area contributed by atoms with E-state index in [1.807, 2.05) is 24.3 Å². The van der Waals surface area contributed by atoms with Crippen LogP contribution >= 0.6 is 0 Å². The van der Waals surface area contributed by atoms with Gasteiger partial charge in [0.2, 0.25) is 5.91 Å². The van der Waals surface area contributed by atoms with Gasteiger partial charge < -0.3 is 10.6 Å². The van der Waals surface area contributed by atoms with Crippen molar-refractivity contribution in [1.82, 2.24) is 15.3 Å². The van der Waals surface area contributed by atoms with Crippen molar-refractivity contribution < 1.29 is 9.18 Å². The minimum atomic E-state index is -0.518. The highest BCUT2D eigenvalue weighted by atomic mass is 19.1. The van der Waals surface area contributed by atoms with Gasteiger partial charge in [0.1, 0.15) is 24.0 Å². The first-order valence-electron chi connectivity index (χ1n) is 7.62. The number of carbonyl (C=O) groups excluding carboxylic acids is 1. The highest BCUT2D eigenvalue weighted by Gasteiger charge is 2.15. The number of nitrogens with one attached hydrogen (secondary N) is 2. The van der Waals surface area contributed by atoms with Crippen LogP contribution in [0.1, 0.15) is 12.5 Å². The van der Waals surface area contributed by atoms with E-state index in [0.29, 0.717) is 11.4 Å². The summed E-state index contributed by atoms with van der Waals surface area (Å²) in [5, 5.41) is 6.64. The molecule has 2 N–H and O–H groups in total. The molecule has 3 aromatic rings. The summed E-state index contributed by atoms with van der Waals surface area (Å²) in [4.78, 5) is 20.6. The number of carbonyl (C=O) groups is 1. The number of amides is 1. The third kappa shape index (κ3) is 3.48. The van der Waals surface area contributed by atoms with Crippen LogP contribution < -0.4 is 10.6 Å². The smallest absolute Gasteiger partial charge is 0.242 e. The summed E-state index contributed by atoms with van der Waals surface area (Å²) < 4.78 is 13.6. The van der Waals surface area contributed by atoms with Gasteiger partial charge in [-0.2, -0.15) is 0 Å². The average Bonchev–Trinajstić information content (AvgIpc) is 2.61. The normalized spacial score (nSPS) is 11.9. The number of benzene rings is 2. The zero-order valence-electron chi connectivity index (χ0n) is 13.2. The maximum atomic E-state index is 13.6. The van der Waals surface area contributed by atoms with Crippen molar-refractivity contribution in [1.29, 1.82) is 0 Å². The Bertz CT molecular complexity index is 863. The van der Waals surface area contributed by atoms with Crippen LogP contribution in [0.15, 0.2) is 54.9 Å². The molecule has 0 aliphatic rings. The lowest BCUT2D eigenvalue weighted by Crippen LogP contribution is -2.37. The Kier molecular flexibility index (Phi) is 4.65. The molecule has 0 saturated carbocycles. The number of nitrogens with zero attached hydrogens (tertiary/aromatic N) is 2. The summed E-state index contributed by atoms with van der Waals surface area (Å²) in [5.74, 6) is 0.0234. The Morgan fingerprint density at radius 2 is 1.88 bits per heavy atom. The average molecular weight is 324 g/mol. The molecule has 0 radical (unpaired) electrons. The maximum absolute atomic E-state index is 13.6. The van der Waals surface area contributed by atoms with Crippen molar-refractivity contribution in [3.8, 4) is 0 Å². The highest BCUT2D eigenvalue weighted by molar-refractivity contribution is 5.91. The van der Waals surface area contributed by atoms with Crippen molar-refractivity contribution >= 4 is 22.6 Å². The second-order valence-corrected chi connectivity index (χ2v) is 5.41. The predicted octanol–water partition coefficient (Wildman–Crippen LogP) is 2.89. The number of hydrogen-bond donors (Lipinski definition) is 2. The van der Waals surface area contributed by atoms with E-state index in [1.165, 1.54) is 12.4 Å². The number of fused-ring (bicyclic) bond motifs is 1. The topological polar surface area (TPSA) is 66.9 Å². The first kappa shape index (κ1) is 15.9. The zero-order valence-corrected chi connectivity index (χ0v) is 13.2. The van der Waals surface area contributed by atoms with Crippen LogP contribution in [-0.4, -0.2) is 21.9 Å². The molecule has 0 aliphatic carbocycles. The molecular weight excluding hydrogens is 307 g/mol.